The first kappa shape index (κ1) is 22.6. The van der Waals surface area contributed by atoms with Crippen LogP contribution in [0.4, 0.5) is 22.7 Å². The van der Waals surface area contributed by atoms with Gasteiger partial charge in [0, 0.05) is 17.8 Å². The van der Waals surface area contributed by atoms with Gasteiger partial charge >= 0.3 is 0 Å². The van der Waals surface area contributed by atoms with Gasteiger partial charge in [-0.3, -0.25) is 20.3 Å². The van der Waals surface area contributed by atoms with E-state index in [1.165, 1.54) is 25.3 Å². The van der Waals surface area contributed by atoms with E-state index in [1.54, 1.807) is 49.4 Å². The Morgan fingerprint density at radius 3 is 2.50 bits per heavy atom. The molecule has 0 fully saturated rings. The number of nitro groups is 1. The van der Waals surface area contributed by atoms with Crippen LogP contribution in [0.15, 0.2) is 76.7 Å². The second-order valence-corrected chi connectivity index (χ2v) is 8.33. The van der Waals surface area contributed by atoms with Gasteiger partial charge in [-0.25, -0.2) is 8.42 Å². The maximum Gasteiger partial charge on any atom is 0.270 e. The van der Waals surface area contributed by atoms with E-state index in [2.05, 4.69) is 15.2 Å². The highest BCUT2D eigenvalue weighted by Crippen LogP contribution is 2.31. The van der Waals surface area contributed by atoms with Crippen molar-refractivity contribution in [2.75, 3.05) is 23.0 Å². The smallest absolute Gasteiger partial charge is 0.270 e. The van der Waals surface area contributed by atoms with Crippen LogP contribution < -0.4 is 20.6 Å². The Hall–Kier alpha value is -4.12. The molecule has 32 heavy (non-hydrogen) atoms. The van der Waals surface area contributed by atoms with Gasteiger partial charge in [-0.15, -0.1) is 0 Å². The molecule has 0 unspecified atom stereocenters. The second kappa shape index (κ2) is 9.35. The zero-order valence-electron chi connectivity index (χ0n) is 17.3. The van der Waals surface area contributed by atoms with Crippen LogP contribution in [0.2, 0.25) is 0 Å². The SMILES string of the molecule is COc1ccccc1NS(=O)(=O)c1cc([N+](=O)[O-])ccc1N/N=C(\C)c1cccc(N)c1. The summed E-state index contributed by atoms with van der Waals surface area (Å²) in [6, 6.07) is 16.9. The molecule has 10 nitrogen and oxygen atoms in total. The molecule has 0 aliphatic carbocycles. The number of methoxy groups -OCH3 is 1. The average molecular weight is 455 g/mol. The van der Waals surface area contributed by atoms with Crippen molar-refractivity contribution in [3.63, 3.8) is 0 Å². The maximum atomic E-state index is 13.1. The van der Waals surface area contributed by atoms with Crippen molar-refractivity contribution in [2.24, 2.45) is 5.10 Å². The number of sulfonamides is 1. The molecule has 166 valence electrons. The van der Waals surface area contributed by atoms with Crippen molar-refractivity contribution in [1.82, 2.24) is 0 Å². The molecule has 0 heterocycles. The molecule has 0 amide bonds. The summed E-state index contributed by atoms with van der Waals surface area (Å²) >= 11 is 0. The number of anilines is 3. The Kier molecular flexibility index (Phi) is 6.59. The summed E-state index contributed by atoms with van der Waals surface area (Å²) < 4.78 is 33.8. The molecule has 0 aliphatic rings. The highest BCUT2D eigenvalue weighted by molar-refractivity contribution is 7.93. The van der Waals surface area contributed by atoms with Crippen LogP contribution >= 0.6 is 0 Å². The predicted molar refractivity (Wildman–Crippen MR) is 124 cm³/mol. The third kappa shape index (κ3) is 5.13. The maximum absolute atomic E-state index is 13.1. The fourth-order valence-electron chi connectivity index (χ4n) is 2.84. The largest absolute Gasteiger partial charge is 0.495 e. The van der Waals surface area contributed by atoms with E-state index in [-0.39, 0.29) is 22.0 Å². The molecule has 0 aromatic heterocycles. The molecule has 0 saturated heterocycles. The minimum absolute atomic E-state index is 0.0567. The van der Waals surface area contributed by atoms with E-state index in [0.29, 0.717) is 17.1 Å². The molecule has 11 heteroatoms. The van der Waals surface area contributed by atoms with Crippen LogP contribution in [0.25, 0.3) is 0 Å². The van der Waals surface area contributed by atoms with E-state index in [4.69, 9.17) is 10.5 Å². The first-order chi connectivity index (χ1) is 15.2. The summed E-state index contributed by atoms with van der Waals surface area (Å²) in [5.41, 5.74) is 10.2. The number of nitrogen functional groups attached to an aromatic ring is 1. The number of ether oxygens (including phenoxy) is 1. The lowest BCUT2D eigenvalue weighted by atomic mass is 10.1. The monoisotopic (exact) mass is 455 g/mol. The molecule has 3 aromatic carbocycles. The number of hydrazone groups is 1. The Bertz CT molecular complexity index is 1290. The lowest BCUT2D eigenvalue weighted by molar-refractivity contribution is -0.385. The quantitative estimate of drug-likeness (QED) is 0.202. The van der Waals surface area contributed by atoms with Crippen LogP contribution in [0.5, 0.6) is 5.75 Å². The molecule has 0 saturated carbocycles. The van der Waals surface area contributed by atoms with E-state index in [1.807, 2.05) is 0 Å². The molecule has 0 bridgehead atoms. The number of non-ortho nitro benzene ring substituents is 1. The van der Waals surface area contributed by atoms with Crippen LogP contribution in [0.1, 0.15) is 12.5 Å². The van der Waals surface area contributed by atoms with Gasteiger partial charge in [0.1, 0.15) is 10.6 Å². The Morgan fingerprint density at radius 2 is 1.81 bits per heavy atom. The Balaban J connectivity index is 2.01. The fraction of sp³-hybridized carbons (Fsp3) is 0.0952. The van der Waals surface area contributed by atoms with Crippen molar-refractivity contribution in [2.45, 2.75) is 11.8 Å². The molecule has 3 rings (SSSR count). The van der Waals surface area contributed by atoms with Crippen LogP contribution in [-0.4, -0.2) is 26.2 Å². The number of nitrogens with one attached hydrogen (secondary N) is 2. The highest BCUT2D eigenvalue weighted by Gasteiger charge is 2.24. The van der Waals surface area contributed by atoms with Gasteiger partial charge in [-0.05, 0) is 42.8 Å². The average Bonchev–Trinajstić information content (AvgIpc) is 2.77. The topological polar surface area (TPSA) is 149 Å². The summed E-state index contributed by atoms with van der Waals surface area (Å²) in [7, 11) is -2.83. The lowest BCUT2D eigenvalue weighted by Crippen LogP contribution is -2.16. The standard InChI is InChI=1S/C21H21N5O5S/c1-14(15-6-5-7-16(22)12-15)23-24-19-11-10-17(26(27)28)13-21(19)32(29,30)25-18-8-3-4-9-20(18)31-2/h3-13,24-25H,22H2,1-2H3/b23-14+. The van der Waals surface area contributed by atoms with Gasteiger partial charge in [0.15, 0.2) is 0 Å². The van der Waals surface area contributed by atoms with Crippen LogP contribution in [0, 0.1) is 10.1 Å². The molecular weight excluding hydrogens is 434 g/mol. The summed E-state index contributed by atoms with van der Waals surface area (Å²) in [4.78, 5) is 10.2. The third-order valence-corrected chi connectivity index (χ3v) is 5.87. The number of benzene rings is 3. The molecule has 0 radical (unpaired) electrons. The predicted octanol–water partition coefficient (Wildman–Crippen LogP) is 3.82. The van der Waals surface area contributed by atoms with Crippen molar-refractivity contribution in [3.8, 4) is 5.75 Å². The van der Waals surface area contributed by atoms with Gasteiger partial charge < -0.3 is 10.5 Å². The van der Waals surface area contributed by atoms with Gasteiger partial charge in [-0.2, -0.15) is 5.10 Å². The Labute approximate surface area is 184 Å². The summed E-state index contributed by atoms with van der Waals surface area (Å²) in [6.07, 6.45) is 0. The number of para-hydroxylation sites is 2. The first-order valence-electron chi connectivity index (χ1n) is 9.32. The highest BCUT2D eigenvalue weighted by atomic mass is 32.2. The van der Waals surface area contributed by atoms with E-state index >= 15 is 0 Å². The number of hydrogen-bond donors (Lipinski definition) is 3. The summed E-state index contributed by atoms with van der Waals surface area (Å²) in [6.45, 7) is 1.72. The molecule has 3 aromatic rings. The number of rotatable bonds is 8. The molecule has 0 atom stereocenters. The number of nitro benzene ring substituents is 1. The van der Waals surface area contributed by atoms with Crippen molar-refractivity contribution in [3.05, 3.63) is 82.4 Å². The molecule has 4 N–H and O–H groups in total. The second-order valence-electron chi connectivity index (χ2n) is 6.68. The minimum Gasteiger partial charge on any atom is -0.495 e. The van der Waals surface area contributed by atoms with Gasteiger partial charge in [-0.1, -0.05) is 24.3 Å². The third-order valence-electron chi connectivity index (χ3n) is 4.47. The van der Waals surface area contributed by atoms with Gasteiger partial charge in [0.25, 0.3) is 15.7 Å². The normalized spacial score (nSPS) is 11.6. The van der Waals surface area contributed by atoms with E-state index in [0.717, 1.165) is 11.6 Å². The number of nitrogens with two attached hydrogens (primary N) is 1. The zero-order valence-corrected chi connectivity index (χ0v) is 18.1. The molecule has 0 spiro atoms. The van der Waals surface area contributed by atoms with E-state index < -0.39 is 14.9 Å². The van der Waals surface area contributed by atoms with Gasteiger partial charge in [0.2, 0.25) is 0 Å². The van der Waals surface area contributed by atoms with Crippen molar-refractivity contribution >= 4 is 38.5 Å². The van der Waals surface area contributed by atoms with Crippen molar-refractivity contribution < 1.29 is 18.1 Å². The molecule has 0 aliphatic heterocycles. The Morgan fingerprint density at radius 1 is 1.06 bits per heavy atom. The summed E-state index contributed by atoms with van der Waals surface area (Å²) in [5, 5.41) is 15.5. The number of nitrogens with zero attached hydrogens (tertiary/aromatic N) is 2. The van der Waals surface area contributed by atoms with Crippen LogP contribution in [0.3, 0.4) is 0 Å². The van der Waals surface area contributed by atoms with Gasteiger partial charge in [0.05, 0.1) is 29.1 Å². The van der Waals surface area contributed by atoms with Crippen molar-refractivity contribution in [1.29, 1.82) is 0 Å². The first-order valence-corrected chi connectivity index (χ1v) is 10.8. The number of hydrogen-bond acceptors (Lipinski definition) is 8. The zero-order chi connectivity index (χ0) is 23.3. The summed E-state index contributed by atoms with van der Waals surface area (Å²) in [5.74, 6) is 0.298. The fourth-order valence-corrected chi connectivity index (χ4v) is 4.09. The van der Waals surface area contributed by atoms with Crippen LogP contribution in [-0.2, 0) is 10.0 Å². The minimum atomic E-state index is -4.24. The van der Waals surface area contributed by atoms with E-state index in [9.17, 15) is 18.5 Å². The lowest BCUT2D eigenvalue weighted by Gasteiger charge is -2.14. The molecular formula is C21H21N5O5S.